The maximum Gasteiger partial charge on any atom is 0.252 e. The molecule has 0 aliphatic heterocycles. The van der Waals surface area contributed by atoms with Gasteiger partial charge in [0.1, 0.15) is 0 Å². The lowest BCUT2D eigenvalue weighted by atomic mass is 10.0. The SMILES string of the molecule is COCCCNC(=O)c1cc(C(C)C)nc2c1cnn2C(C)C. The molecule has 0 aromatic carbocycles. The largest absolute Gasteiger partial charge is 0.385 e. The molecule has 2 heterocycles. The van der Waals surface area contributed by atoms with Gasteiger partial charge in [0.15, 0.2) is 5.65 Å². The molecule has 0 radical (unpaired) electrons. The summed E-state index contributed by atoms with van der Waals surface area (Å²) in [6.45, 7) is 9.48. The van der Waals surface area contributed by atoms with Gasteiger partial charge >= 0.3 is 0 Å². The van der Waals surface area contributed by atoms with Gasteiger partial charge < -0.3 is 10.1 Å². The van der Waals surface area contributed by atoms with Crippen LogP contribution in [0.3, 0.4) is 0 Å². The van der Waals surface area contributed by atoms with Gasteiger partial charge in [-0.3, -0.25) is 4.79 Å². The minimum absolute atomic E-state index is 0.0845. The Balaban J connectivity index is 2.39. The van der Waals surface area contributed by atoms with E-state index in [9.17, 15) is 4.79 Å². The van der Waals surface area contributed by atoms with Gasteiger partial charge in [-0.2, -0.15) is 5.10 Å². The zero-order valence-corrected chi connectivity index (χ0v) is 14.6. The van der Waals surface area contributed by atoms with E-state index in [4.69, 9.17) is 9.72 Å². The fraction of sp³-hybridized carbons (Fsp3) is 0.588. The number of nitrogens with zero attached hydrogens (tertiary/aromatic N) is 3. The third kappa shape index (κ3) is 3.88. The van der Waals surface area contributed by atoms with Crippen molar-refractivity contribution in [3.05, 3.63) is 23.5 Å². The molecule has 1 amide bonds. The highest BCUT2D eigenvalue weighted by atomic mass is 16.5. The molecule has 23 heavy (non-hydrogen) atoms. The molecule has 0 saturated heterocycles. The van der Waals surface area contributed by atoms with Gasteiger partial charge in [0, 0.05) is 32.0 Å². The van der Waals surface area contributed by atoms with E-state index >= 15 is 0 Å². The molecule has 0 unspecified atom stereocenters. The molecule has 1 N–H and O–H groups in total. The predicted octanol–water partition coefficient (Wildman–Crippen LogP) is 2.90. The highest BCUT2D eigenvalue weighted by molar-refractivity contribution is 6.05. The average Bonchev–Trinajstić information content (AvgIpc) is 2.94. The van der Waals surface area contributed by atoms with Crippen LogP contribution in [0.2, 0.25) is 0 Å². The van der Waals surface area contributed by atoms with Crippen molar-refractivity contribution < 1.29 is 9.53 Å². The van der Waals surface area contributed by atoms with E-state index in [0.717, 1.165) is 23.1 Å². The molecule has 2 aromatic heterocycles. The standard InChI is InChI=1S/C17H26N4O2/c1-11(2)15-9-13(17(22)18-7-6-8-23-5)14-10-19-21(12(3)4)16(14)20-15/h9-12H,6-8H2,1-5H3,(H,18,22). The molecule has 0 fully saturated rings. The van der Waals surface area contributed by atoms with Crippen LogP contribution in [0.4, 0.5) is 0 Å². The van der Waals surface area contributed by atoms with Crippen LogP contribution in [0.25, 0.3) is 11.0 Å². The van der Waals surface area contributed by atoms with E-state index in [0.29, 0.717) is 18.7 Å². The predicted molar refractivity (Wildman–Crippen MR) is 90.8 cm³/mol. The molecule has 0 spiro atoms. The number of fused-ring (bicyclic) bond motifs is 1. The first-order valence-corrected chi connectivity index (χ1v) is 8.11. The number of carbonyl (C=O) groups excluding carboxylic acids is 1. The summed E-state index contributed by atoms with van der Waals surface area (Å²) in [7, 11) is 1.66. The number of hydrogen-bond acceptors (Lipinski definition) is 4. The lowest BCUT2D eigenvalue weighted by Crippen LogP contribution is -2.25. The summed E-state index contributed by atoms with van der Waals surface area (Å²) >= 11 is 0. The quantitative estimate of drug-likeness (QED) is 0.797. The Morgan fingerprint density at radius 1 is 1.35 bits per heavy atom. The fourth-order valence-corrected chi connectivity index (χ4v) is 2.41. The highest BCUT2D eigenvalue weighted by Gasteiger charge is 2.18. The van der Waals surface area contributed by atoms with E-state index < -0.39 is 0 Å². The van der Waals surface area contributed by atoms with Crippen molar-refractivity contribution in [2.75, 3.05) is 20.3 Å². The first-order chi connectivity index (χ1) is 11.0. The van der Waals surface area contributed by atoms with Crippen LogP contribution in [-0.4, -0.2) is 40.9 Å². The van der Waals surface area contributed by atoms with Crippen LogP contribution in [0.1, 0.15) is 62.1 Å². The summed E-state index contributed by atoms with van der Waals surface area (Å²) in [6, 6.07) is 2.07. The summed E-state index contributed by atoms with van der Waals surface area (Å²) in [5.74, 6) is 0.161. The van der Waals surface area contributed by atoms with Gasteiger partial charge in [-0.25, -0.2) is 9.67 Å². The molecular weight excluding hydrogens is 292 g/mol. The number of nitrogens with one attached hydrogen (secondary N) is 1. The summed E-state index contributed by atoms with van der Waals surface area (Å²) < 4.78 is 6.87. The Hall–Kier alpha value is -1.95. The Morgan fingerprint density at radius 2 is 2.09 bits per heavy atom. The molecule has 0 atom stereocenters. The zero-order chi connectivity index (χ0) is 17.0. The van der Waals surface area contributed by atoms with Crippen LogP contribution in [0.5, 0.6) is 0 Å². The molecule has 0 aliphatic rings. The number of rotatable bonds is 7. The Kier molecular flexibility index (Phi) is 5.71. The Labute approximate surface area is 137 Å². The van der Waals surface area contributed by atoms with Crippen LogP contribution in [-0.2, 0) is 4.74 Å². The minimum atomic E-state index is -0.0845. The molecule has 0 aliphatic carbocycles. The van der Waals surface area contributed by atoms with Crippen LogP contribution in [0, 0.1) is 0 Å². The van der Waals surface area contributed by atoms with Crippen molar-refractivity contribution in [2.45, 2.75) is 46.1 Å². The van der Waals surface area contributed by atoms with E-state index in [1.165, 1.54) is 0 Å². The van der Waals surface area contributed by atoms with Crippen LogP contribution in [0.15, 0.2) is 12.3 Å². The molecule has 2 rings (SSSR count). The van der Waals surface area contributed by atoms with Crippen LogP contribution < -0.4 is 5.32 Å². The van der Waals surface area contributed by atoms with Crippen molar-refractivity contribution in [1.29, 1.82) is 0 Å². The molecule has 126 valence electrons. The first-order valence-electron chi connectivity index (χ1n) is 8.11. The lowest BCUT2D eigenvalue weighted by molar-refractivity contribution is 0.0950. The second kappa shape index (κ2) is 7.55. The van der Waals surface area contributed by atoms with Gasteiger partial charge in [0.25, 0.3) is 5.91 Å². The number of methoxy groups -OCH3 is 1. The van der Waals surface area contributed by atoms with Crippen molar-refractivity contribution in [3.8, 4) is 0 Å². The number of ether oxygens (including phenoxy) is 1. The summed E-state index contributed by atoms with van der Waals surface area (Å²) in [4.78, 5) is 17.3. The third-order valence-corrected chi connectivity index (χ3v) is 3.72. The minimum Gasteiger partial charge on any atom is -0.385 e. The van der Waals surface area contributed by atoms with Gasteiger partial charge in [0.05, 0.1) is 17.1 Å². The lowest BCUT2D eigenvalue weighted by Gasteiger charge is -2.12. The van der Waals surface area contributed by atoms with Gasteiger partial charge in [0.2, 0.25) is 0 Å². The molecule has 0 bridgehead atoms. The number of amides is 1. The number of pyridine rings is 1. The van der Waals surface area contributed by atoms with Crippen molar-refractivity contribution in [3.63, 3.8) is 0 Å². The van der Waals surface area contributed by atoms with Gasteiger partial charge in [-0.05, 0) is 32.3 Å². The molecule has 2 aromatic rings. The van der Waals surface area contributed by atoms with Gasteiger partial charge in [-0.15, -0.1) is 0 Å². The summed E-state index contributed by atoms with van der Waals surface area (Å²) in [5, 5.41) is 8.15. The Bertz CT molecular complexity index is 677. The molecule has 6 nitrogen and oxygen atoms in total. The average molecular weight is 318 g/mol. The van der Waals surface area contributed by atoms with Crippen LogP contribution >= 0.6 is 0 Å². The number of aromatic nitrogens is 3. The van der Waals surface area contributed by atoms with E-state index in [-0.39, 0.29) is 17.9 Å². The zero-order valence-electron chi connectivity index (χ0n) is 14.6. The van der Waals surface area contributed by atoms with Gasteiger partial charge in [-0.1, -0.05) is 13.8 Å². The fourth-order valence-electron chi connectivity index (χ4n) is 2.41. The summed E-state index contributed by atoms with van der Waals surface area (Å²) in [5.41, 5.74) is 2.32. The monoisotopic (exact) mass is 318 g/mol. The van der Waals surface area contributed by atoms with Crippen molar-refractivity contribution in [2.24, 2.45) is 0 Å². The number of hydrogen-bond donors (Lipinski definition) is 1. The molecule has 0 saturated carbocycles. The van der Waals surface area contributed by atoms with Crippen molar-refractivity contribution >= 4 is 16.9 Å². The highest BCUT2D eigenvalue weighted by Crippen LogP contribution is 2.24. The maximum absolute atomic E-state index is 12.6. The molecular formula is C17H26N4O2. The topological polar surface area (TPSA) is 69.0 Å². The van der Waals surface area contributed by atoms with Crippen molar-refractivity contribution in [1.82, 2.24) is 20.1 Å². The van der Waals surface area contributed by atoms with E-state index in [1.54, 1.807) is 13.3 Å². The summed E-state index contributed by atoms with van der Waals surface area (Å²) in [6.07, 6.45) is 2.52. The van der Waals surface area contributed by atoms with E-state index in [1.807, 2.05) is 10.7 Å². The second-order valence-electron chi connectivity index (χ2n) is 6.27. The third-order valence-electron chi connectivity index (χ3n) is 3.72. The molecule has 6 heteroatoms. The van der Waals surface area contributed by atoms with E-state index in [2.05, 4.69) is 38.1 Å². The Morgan fingerprint density at radius 3 is 2.70 bits per heavy atom. The maximum atomic E-state index is 12.6. The normalized spacial score (nSPS) is 11.6. The first kappa shape index (κ1) is 17.4. The number of carbonyl (C=O) groups is 1. The smallest absolute Gasteiger partial charge is 0.252 e. The second-order valence-corrected chi connectivity index (χ2v) is 6.27.